The number of piperidine rings is 1. The van der Waals surface area contributed by atoms with E-state index in [0.29, 0.717) is 5.82 Å². The maximum Gasteiger partial charge on any atom is 0.287 e. The summed E-state index contributed by atoms with van der Waals surface area (Å²) in [5.74, 6) is 0.716. The highest BCUT2D eigenvalue weighted by molar-refractivity contribution is 5.50. The molecule has 1 atom stereocenters. The fourth-order valence-corrected chi connectivity index (χ4v) is 2.91. The smallest absolute Gasteiger partial charge is 0.287 e. The van der Waals surface area contributed by atoms with Crippen molar-refractivity contribution in [3.63, 3.8) is 0 Å². The minimum Gasteiger partial charge on any atom is -0.367 e. The van der Waals surface area contributed by atoms with Crippen molar-refractivity contribution in [3.05, 3.63) is 40.3 Å². The largest absolute Gasteiger partial charge is 0.367 e. The summed E-state index contributed by atoms with van der Waals surface area (Å²) in [5.41, 5.74) is 1.93. The monoisotopic (exact) mass is 316 g/mol. The molecule has 8 nitrogen and oxygen atoms in total. The molecule has 0 radical (unpaired) electrons. The average molecular weight is 316 g/mol. The number of rotatable bonds is 4. The fraction of sp³-hybridized carbons (Fsp3) is 0.467. The number of pyridine rings is 1. The van der Waals surface area contributed by atoms with Gasteiger partial charge in [-0.25, -0.2) is 4.98 Å². The third-order valence-electron chi connectivity index (χ3n) is 4.09. The molecule has 0 saturated carbocycles. The van der Waals surface area contributed by atoms with Crippen molar-refractivity contribution >= 4 is 17.2 Å². The maximum absolute atomic E-state index is 10.8. The van der Waals surface area contributed by atoms with Crippen LogP contribution in [0, 0.1) is 17.0 Å². The van der Waals surface area contributed by atoms with Crippen LogP contribution in [0.4, 0.5) is 17.2 Å². The Hall–Kier alpha value is -2.64. The molecule has 3 heterocycles. The Kier molecular flexibility index (Phi) is 4.14. The molecule has 1 fully saturated rings. The van der Waals surface area contributed by atoms with E-state index in [1.165, 1.54) is 6.20 Å². The van der Waals surface area contributed by atoms with Crippen molar-refractivity contribution in [1.82, 2.24) is 14.8 Å². The maximum atomic E-state index is 10.8. The predicted molar refractivity (Wildman–Crippen MR) is 87.7 cm³/mol. The van der Waals surface area contributed by atoms with Crippen molar-refractivity contribution in [2.45, 2.75) is 25.8 Å². The van der Waals surface area contributed by atoms with Crippen LogP contribution in [0.2, 0.25) is 0 Å². The third-order valence-corrected chi connectivity index (χ3v) is 4.09. The number of nitro groups is 1. The fourth-order valence-electron chi connectivity index (χ4n) is 2.91. The Morgan fingerprint density at radius 3 is 2.91 bits per heavy atom. The van der Waals surface area contributed by atoms with Gasteiger partial charge in [-0.15, -0.1) is 0 Å². The zero-order chi connectivity index (χ0) is 16.4. The molecule has 3 rings (SSSR count). The summed E-state index contributed by atoms with van der Waals surface area (Å²) in [7, 11) is 1.91. The number of nitrogens with one attached hydrogen (secondary N) is 1. The topological polar surface area (TPSA) is 89.1 Å². The summed E-state index contributed by atoms with van der Waals surface area (Å²) < 4.78 is 1.80. The number of hydrogen-bond donors (Lipinski definition) is 1. The van der Waals surface area contributed by atoms with Crippen molar-refractivity contribution in [3.8, 4) is 0 Å². The van der Waals surface area contributed by atoms with Gasteiger partial charge in [0.15, 0.2) is 0 Å². The summed E-state index contributed by atoms with van der Waals surface area (Å²) in [6, 6.07) is 1.81. The number of aryl methyl sites for hydroxylation is 2. The van der Waals surface area contributed by atoms with Gasteiger partial charge in [-0.2, -0.15) is 5.10 Å². The van der Waals surface area contributed by atoms with Gasteiger partial charge in [0.25, 0.3) is 5.69 Å². The lowest BCUT2D eigenvalue weighted by Crippen LogP contribution is -2.42. The van der Waals surface area contributed by atoms with Crippen molar-refractivity contribution in [2.24, 2.45) is 7.05 Å². The van der Waals surface area contributed by atoms with Crippen LogP contribution in [0.25, 0.3) is 0 Å². The van der Waals surface area contributed by atoms with E-state index in [0.717, 1.165) is 37.2 Å². The molecule has 0 unspecified atom stereocenters. The second-order valence-corrected chi connectivity index (χ2v) is 5.92. The van der Waals surface area contributed by atoms with E-state index in [1.807, 2.05) is 26.4 Å². The molecule has 2 aromatic rings. The van der Waals surface area contributed by atoms with Gasteiger partial charge in [0.2, 0.25) is 0 Å². The Bertz CT molecular complexity index is 714. The van der Waals surface area contributed by atoms with Crippen LogP contribution >= 0.6 is 0 Å². The van der Waals surface area contributed by atoms with Crippen molar-refractivity contribution in [1.29, 1.82) is 0 Å². The van der Waals surface area contributed by atoms with Crippen LogP contribution in [-0.2, 0) is 7.05 Å². The molecular formula is C15H20N6O2. The molecule has 0 amide bonds. The van der Waals surface area contributed by atoms with Crippen LogP contribution < -0.4 is 10.2 Å². The second-order valence-electron chi connectivity index (χ2n) is 5.92. The van der Waals surface area contributed by atoms with Crippen LogP contribution in [0.15, 0.2) is 24.7 Å². The molecular weight excluding hydrogens is 296 g/mol. The van der Waals surface area contributed by atoms with Gasteiger partial charge in [-0.3, -0.25) is 14.8 Å². The van der Waals surface area contributed by atoms with E-state index in [-0.39, 0.29) is 11.7 Å². The first-order chi connectivity index (χ1) is 11.0. The lowest BCUT2D eigenvalue weighted by Gasteiger charge is -2.34. The van der Waals surface area contributed by atoms with Gasteiger partial charge < -0.3 is 10.2 Å². The number of aromatic nitrogens is 3. The van der Waals surface area contributed by atoms with Crippen molar-refractivity contribution in [2.75, 3.05) is 23.3 Å². The number of hydrogen-bond acceptors (Lipinski definition) is 6. The van der Waals surface area contributed by atoms with E-state index >= 15 is 0 Å². The first kappa shape index (κ1) is 15.3. The minimum absolute atomic E-state index is 0.0219. The van der Waals surface area contributed by atoms with E-state index < -0.39 is 4.92 Å². The third kappa shape index (κ3) is 3.41. The normalized spacial score (nSPS) is 18.0. The molecule has 1 aliphatic heterocycles. The highest BCUT2D eigenvalue weighted by Crippen LogP contribution is 2.23. The molecule has 23 heavy (non-hydrogen) atoms. The molecule has 0 spiro atoms. The molecule has 0 bridgehead atoms. The quantitative estimate of drug-likeness (QED) is 0.686. The van der Waals surface area contributed by atoms with E-state index in [4.69, 9.17) is 0 Å². The van der Waals surface area contributed by atoms with E-state index in [9.17, 15) is 10.1 Å². The second kappa shape index (κ2) is 6.23. The molecule has 1 N–H and O–H groups in total. The summed E-state index contributed by atoms with van der Waals surface area (Å²) in [5, 5.41) is 18.4. The van der Waals surface area contributed by atoms with Gasteiger partial charge >= 0.3 is 0 Å². The Morgan fingerprint density at radius 1 is 1.43 bits per heavy atom. The first-order valence-corrected chi connectivity index (χ1v) is 7.64. The standard InChI is InChI=1S/C15H20N6O2/c1-11-6-13(21(22)23)7-16-15(11)18-12-4-3-5-20(9-12)14-8-17-19(2)10-14/h6-8,10,12H,3-5,9H2,1-2H3,(H,16,18)/t12-/m0/s1. The van der Waals surface area contributed by atoms with Crippen LogP contribution in [0.1, 0.15) is 18.4 Å². The average Bonchev–Trinajstić information content (AvgIpc) is 2.96. The Labute approximate surface area is 134 Å². The lowest BCUT2D eigenvalue weighted by atomic mass is 10.1. The number of anilines is 2. The van der Waals surface area contributed by atoms with Gasteiger partial charge in [0, 0.05) is 38.4 Å². The zero-order valence-electron chi connectivity index (χ0n) is 13.3. The molecule has 0 aromatic carbocycles. The highest BCUT2D eigenvalue weighted by Gasteiger charge is 2.22. The first-order valence-electron chi connectivity index (χ1n) is 7.64. The molecule has 8 heteroatoms. The zero-order valence-corrected chi connectivity index (χ0v) is 13.3. The molecule has 122 valence electrons. The molecule has 0 aliphatic carbocycles. The summed E-state index contributed by atoms with van der Waals surface area (Å²) in [6.07, 6.45) is 7.32. The molecule has 2 aromatic heterocycles. The Balaban J connectivity index is 1.69. The lowest BCUT2D eigenvalue weighted by molar-refractivity contribution is -0.385. The van der Waals surface area contributed by atoms with Crippen LogP contribution in [0.3, 0.4) is 0 Å². The predicted octanol–water partition coefficient (Wildman–Crippen LogP) is 2.11. The van der Waals surface area contributed by atoms with Gasteiger partial charge in [0.1, 0.15) is 12.0 Å². The van der Waals surface area contributed by atoms with Crippen molar-refractivity contribution < 1.29 is 4.92 Å². The van der Waals surface area contributed by atoms with E-state index in [2.05, 4.69) is 20.3 Å². The van der Waals surface area contributed by atoms with Gasteiger partial charge in [-0.05, 0) is 25.3 Å². The minimum atomic E-state index is -0.422. The Morgan fingerprint density at radius 2 is 2.26 bits per heavy atom. The van der Waals surface area contributed by atoms with Gasteiger partial charge in [0.05, 0.1) is 16.8 Å². The summed E-state index contributed by atoms with van der Waals surface area (Å²) in [6.45, 7) is 3.71. The summed E-state index contributed by atoms with van der Waals surface area (Å²) in [4.78, 5) is 16.9. The van der Waals surface area contributed by atoms with Crippen LogP contribution in [-0.4, -0.2) is 38.8 Å². The highest BCUT2D eigenvalue weighted by atomic mass is 16.6. The van der Waals surface area contributed by atoms with Gasteiger partial charge in [-0.1, -0.05) is 0 Å². The number of nitrogens with zero attached hydrogens (tertiary/aromatic N) is 5. The van der Waals surface area contributed by atoms with E-state index in [1.54, 1.807) is 10.7 Å². The van der Waals surface area contributed by atoms with Crippen LogP contribution in [0.5, 0.6) is 0 Å². The SMILES string of the molecule is Cc1cc([N+](=O)[O-])cnc1N[C@H]1CCCN(c2cnn(C)c2)C1. The summed E-state index contributed by atoms with van der Waals surface area (Å²) >= 11 is 0. The molecule has 1 saturated heterocycles. The molecule has 1 aliphatic rings.